The molecule has 3 nitrogen and oxygen atoms in total. The van der Waals surface area contributed by atoms with E-state index < -0.39 is 6.16 Å². The molecule has 0 heterocycles. The van der Waals surface area contributed by atoms with Gasteiger partial charge in [-0.25, -0.2) is 4.79 Å². The number of rotatable bonds is 17. The number of carbonyl (C=O) groups is 1. The van der Waals surface area contributed by atoms with Crippen LogP contribution in [0.4, 0.5) is 4.79 Å². The van der Waals surface area contributed by atoms with Crippen LogP contribution in [0.3, 0.4) is 0 Å². The van der Waals surface area contributed by atoms with Crippen molar-refractivity contribution in [2.45, 2.75) is 123 Å². The lowest BCUT2D eigenvalue weighted by atomic mass is 10.0. The van der Waals surface area contributed by atoms with E-state index in [9.17, 15) is 4.79 Å². The lowest BCUT2D eigenvalue weighted by molar-refractivity contribution is 0.0422. The van der Waals surface area contributed by atoms with Gasteiger partial charge in [0, 0.05) is 0 Å². The Labute approximate surface area is 144 Å². The van der Waals surface area contributed by atoms with E-state index in [4.69, 9.17) is 9.84 Å². The van der Waals surface area contributed by atoms with Gasteiger partial charge in [-0.2, -0.15) is 0 Å². The summed E-state index contributed by atoms with van der Waals surface area (Å²) in [7, 11) is 0. The van der Waals surface area contributed by atoms with Crippen molar-refractivity contribution in [1.29, 1.82) is 0 Å². The van der Waals surface area contributed by atoms with E-state index in [2.05, 4.69) is 13.8 Å². The quantitative estimate of drug-likeness (QED) is 0.224. The van der Waals surface area contributed by atoms with E-state index in [1.54, 1.807) is 0 Å². The Bertz CT molecular complexity index is 253. The summed E-state index contributed by atoms with van der Waals surface area (Å²) in [5, 5.41) is 8.85. The fourth-order valence-corrected chi connectivity index (χ4v) is 3.06. The van der Waals surface area contributed by atoms with E-state index in [0.717, 1.165) is 25.7 Å². The first kappa shape index (κ1) is 22.3. The first-order valence-corrected chi connectivity index (χ1v) is 10.1. The molecular formula is C20H40O3. The fourth-order valence-electron chi connectivity index (χ4n) is 3.06. The van der Waals surface area contributed by atoms with Crippen LogP contribution in [0.1, 0.15) is 117 Å². The number of hydrogen-bond donors (Lipinski definition) is 1. The third kappa shape index (κ3) is 17.5. The van der Waals surface area contributed by atoms with Crippen LogP contribution >= 0.6 is 0 Å². The monoisotopic (exact) mass is 328 g/mol. The first-order chi connectivity index (χ1) is 11.2. The molecule has 0 amide bonds. The highest BCUT2D eigenvalue weighted by Crippen LogP contribution is 2.17. The smallest absolute Gasteiger partial charge is 0.450 e. The summed E-state index contributed by atoms with van der Waals surface area (Å²) in [4.78, 5) is 10.8. The second-order valence-corrected chi connectivity index (χ2v) is 6.83. The molecule has 23 heavy (non-hydrogen) atoms. The van der Waals surface area contributed by atoms with E-state index in [1.807, 2.05) is 0 Å². The molecule has 3 heteroatoms. The van der Waals surface area contributed by atoms with Crippen molar-refractivity contribution in [1.82, 2.24) is 0 Å². The zero-order valence-electron chi connectivity index (χ0n) is 15.7. The molecule has 0 fully saturated rings. The molecule has 0 aliphatic heterocycles. The maximum Gasteiger partial charge on any atom is 0.506 e. The Hall–Kier alpha value is -0.730. The normalized spacial score (nSPS) is 12.3. The van der Waals surface area contributed by atoms with E-state index in [0.29, 0.717) is 0 Å². The summed E-state index contributed by atoms with van der Waals surface area (Å²) in [6, 6.07) is 0. The van der Waals surface area contributed by atoms with Gasteiger partial charge in [0.05, 0.1) is 0 Å². The van der Waals surface area contributed by atoms with Crippen LogP contribution in [-0.4, -0.2) is 17.4 Å². The molecule has 0 aromatic carbocycles. The topological polar surface area (TPSA) is 46.5 Å². The molecule has 0 aromatic heterocycles. The molecule has 0 bridgehead atoms. The molecule has 0 aliphatic rings. The van der Waals surface area contributed by atoms with Crippen molar-refractivity contribution in [3.63, 3.8) is 0 Å². The SMILES string of the molecule is CCCCCCCCCCCC(CCCCCCC)OC(=O)O. The van der Waals surface area contributed by atoms with Crippen molar-refractivity contribution in [2.75, 3.05) is 0 Å². The predicted molar refractivity (Wildman–Crippen MR) is 98.1 cm³/mol. The summed E-state index contributed by atoms with van der Waals surface area (Å²) < 4.78 is 5.05. The summed E-state index contributed by atoms with van der Waals surface area (Å²) in [5.41, 5.74) is 0. The van der Waals surface area contributed by atoms with Crippen LogP contribution in [0.15, 0.2) is 0 Å². The van der Waals surface area contributed by atoms with Crippen LogP contribution in [0, 0.1) is 0 Å². The van der Waals surface area contributed by atoms with Gasteiger partial charge in [0.15, 0.2) is 0 Å². The van der Waals surface area contributed by atoms with Crippen LogP contribution in [0.5, 0.6) is 0 Å². The second kappa shape index (κ2) is 17.6. The van der Waals surface area contributed by atoms with Gasteiger partial charge in [0.25, 0.3) is 0 Å². The maximum absolute atomic E-state index is 10.8. The Morgan fingerprint density at radius 2 is 1.04 bits per heavy atom. The summed E-state index contributed by atoms with van der Waals surface area (Å²) in [6.07, 6.45) is 18.4. The van der Waals surface area contributed by atoms with Crippen LogP contribution in [-0.2, 0) is 4.74 Å². The largest absolute Gasteiger partial charge is 0.506 e. The van der Waals surface area contributed by atoms with Gasteiger partial charge in [-0.3, -0.25) is 0 Å². The number of unbranched alkanes of at least 4 members (excludes halogenated alkanes) is 12. The van der Waals surface area contributed by atoms with Crippen molar-refractivity contribution in [2.24, 2.45) is 0 Å². The summed E-state index contributed by atoms with van der Waals surface area (Å²) in [6.45, 7) is 4.46. The van der Waals surface area contributed by atoms with E-state index in [-0.39, 0.29) is 6.10 Å². The zero-order valence-corrected chi connectivity index (χ0v) is 15.7. The molecule has 1 N–H and O–H groups in total. The Kier molecular flexibility index (Phi) is 17.1. The van der Waals surface area contributed by atoms with Gasteiger partial charge in [-0.1, -0.05) is 90.9 Å². The predicted octanol–water partition coefficient (Wildman–Crippen LogP) is 7.33. The Morgan fingerprint density at radius 3 is 1.39 bits per heavy atom. The molecular weight excluding hydrogens is 288 g/mol. The molecule has 0 saturated carbocycles. The van der Waals surface area contributed by atoms with Crippen LogP contribution < -0.4 is 0 Å². The minimum absolute atomic E-state index is 0.0846. The zero-order chi connectivity index (χ0) is 17.2. The molecule has 0 aromatic rings. The standard InChI is InChI=1S/C20H40O3/c1-3-5-7-9-10-11-12-14-16-18-19(23-20(21)22)17-15-13-8-6-4-2/h19H,3-18H2,1-2H3,(H,21,22). The number of ether oxygens (including phenoxy) is 1. The minimum Gasteiger partial charge on any atom is -0.450 e. The van der Waals surface area contributed by atoms with Gasteiger partial charge in [0.1, 0.15) is 6.10 Å². The highest BCUT2D eigenvalue weighted by atomic mass is 16.7. The molecule has 0 saturated heterocycles. The number of hydrogen-bond acceptors (Lipinski definition) is 2. The average Bonchev–Trinajstić information content (AvgIpc) is 2.52. The third-order valence-electron chi connectivity index (χ3n) is 4.53. The molecule has 1 unspecified atom stereocenters. The van der Waals surface area contributed by atoms with Crippen molar-refractivity contribution in [3.8, 4) is 0 Å². The molecule has 0 rings (SSSR count). The van der Waals surface area contributed by atoms with Crippen molar-refractivity contribution in [3.05, 3.63) is 0 Å². The Balaban J connectivity index is 3.57. The number of carboxylic acid groups (broad SMARTS) is 1. The van der Waals surface area contributed by atoms with E-state index >= 15 is 0 Å². The van der Waals surface area contributed by atoms with Crippen LogP contribution in [0.2, 0.25) is 0 Å². The Morgan fingerprint density at radius 1 is 0.696 bits per heavy atom. The lowest BCUT2D eigenvalue weighted by Crippen LogP contribution is -2.16. The molecule has 0 radical (unpaired) electrons. The van der Waals surface area contributed by atoms with Gasteiger partial charge in [-0.15, -0.1) is 0 Å². The summed E-state index contributed by atoms with van der Waals surface area (Å²) >= 11 is 0. The average molecular weight is 329 g/mol. The lowest BCUT2D eigenvalue weighted by Gasteiger charge is -2.15. The third-order valence-corrected chi connectivity index (χ3v) is 4.53. The molecule has 1 atom stereocenters. The van der Waals surface area contributed by atoms with Gasteiger partial charge >= 0.3 is 6.16 Å². The second-order valence-electron chi connectivity index (χ2n) is 6.83. The van der Waals surface area contributed by atoms with Gasteiger partial charge < -0.3 is 9.84 Å². The highest BCUT2D eigenvalue weighted by Gasteiger charge is 2.12. The summed E-state index contributed by atoms with van der Waals surface area (Å²) in [5.74, 6) is 0. The highest BCUT2D eigenvalue weighted by molar-refractivity contribution is 5.57. The maximum atomic E-state index is 10.8. The van der Waals surface area contributed by atoms with Crippen molar-refractivity contribution >= 4 is 6.16 Å². The van der Waals surface area contributed by atoms with Crippen molar-refractivity contribution < 1.29 is 14.6 Å². The molecule has 138 valence electrons. The molecule has 0 aliphatic carbocycles. The minimum atomic E-state index is -1.11. The van der Waals surface area contributed by atoms with Gasteiger partial charge in [-0.05, 0) is 25.7 Å². The first-order valence-electron chi connectivity index (χ1n) is 10.1. The fraction of sp³-hybridized carbons (Fsp3) is 0.950. The van der Waals surface area contributed by atoms with Crippen LogP contribution in [0.25, 0.3) is 0 Å². The van der Waals surface area contributed by atoms with Gasteiger partial charge in [0.2, 0.25) is 0 Å². The molecule has 0 spiro atoms. The van der Waals surface area contributed by atoms with E-state index in [1.165, 1.54) is 77.0 Å².